The fraction of sp³-hybridized carbons (Fsp3) is 0.533. The summed E-state index contributed by atoms with van der Waals surface area (Å²) in [6.45, 7) is 9.46. The Balaban J connectivity index is 0.000000723. The number of aliphatic hydroxyl groups is 1. The number of aliphatic hydroxyl groups excluding tert-OH is 1. The maximum absolute atomic E-state index is 11.5. The number of halogens is 1. The van der Waals surface area contributed by atoms with Gasteiger partial charge < -0.3 is 28.8 Å². The summed E-state index contributed by atoms with van der Waals surface area (Å²) in [5.74, 6) is 0.384. The summed E-state index contributed by atoms with van der Waals surface area (Å²) < 4.78 is 24.8. The van der Waals surface area contributed by atoms with Crippen LogP contribution in [0.15, 0.2) is 48.5 Å². The number of hydrogen-bond donors (Lipinski definition) is 1. The third kappa shape index (κ3) is 19.4. The van der Waals surface area contributed by atoms with Gasteiger partial charge in [0.25, 0.3) is 11.4 Å². The van der Waals surface area contributed by atoms with E-state index in [1.165, 1.54) is 48.5 Å². The molecule has 2 aromatic rings. The smallest absolute Gasteiger partial charge is 0.434 e. The predicted octanol–water partition coefficient (Wildman–Crippen LogP) is 5.14. The monoisotopic (exact) mass is 688 g/mol. The second-order valence-electron chi connectivity index (χ2n) is 9.38. The number of hydrogen-bond acceptors (Lipinski definition) is 14. The zero-order chi connectivity index (χ0) is 32.9. The molecule has 264 valence electrons. The molecule has 1 N–H and O–H groups in total. The topological polar surface area (TPSA) is 193 Å². The standard InChI is InChI=1S/C14H18N2O6.C7H4ClNO4.C7H15NO2.2CH4/c17-14(21-9-1-6-15-7-10-20-11-8-15)22-13-4-2-12(3-5-13)16(18)19;8-7(10)13-6-3-1-5(2-4-6)9(11)12;9-5-1-2-8-3-6-10-7-4-8;;/h2-5H,1,6-11H2;1-4H;9H,1-7H2;2*1H4. The van der Waals surface area contributed by atoms with Crippen LogP contribution < -0.4 is 9.47 Å². The molecule has 0 bridgehead atoms. The van der Waals surface area contributed by atoms with Crippen molar-refractivity contribution in [3.63, 3.8) is 0 Å². The number of benzene rings is 2. The van der Waals surface area contributed by atoms with Gasteiger partial charge in [0, 0.05) is 81.7 Å². The van der Waals surface area contributed by atoms with Gasteiger partial charge in [-0.1, -0.05) is 14.9 Å². The third-order valence-corrected chi connectivity index (χ3v) is 6.25. The highest BCUT2D eigenvalue weighted by molar-refractivity contribution is 6.61. The first-order valence-corrected chi connectivity index (χ1v) is 14.5. The van der Waals surface area contributed by atoms with Gasteiger partial charge in [-0.2, -0.15) is 0 Å². The van der Waals surface area contributed by atoms with Crippen LogP contribution in [0.5, 0.6) is 11.5 Å². The van der Waals surface area contributed by atoms with Crippen molar-refractivity contribution in [1.82, 2.24) is 9.80 Å². The van der Waals surface area contributed by atoms with Crippen LogP contribution in [0.3, 0.4) is 0 Å². The van der Waals surface area contributed by atoms with Gasteiger partial charge in [0.05, 0.1) is 42.9 Å². The van der Waals surface area contributed by atoms with Crippen LogP contribution in [0, 0.1) is 20.2 Å². The van der Waals surface area contributed by atoms with Gasteiger partial charge in [-0.25, -0.2) is 9.59 Å². The molecule has 0 radical (unpaired) electrons. The lowest BCUT2D eigenvalue weighted by atomic mass is 10.3. The minimum absolute atomic E-state index is 0. The number of carbonyl (C=O) groups excluding carboxylic acids is 2. The van der Waals surface area contributed by atoms with Crippen molar-refractivity contribution in [3.8, 4) is 11.5 Å². The van der Waals surface area contributed by atoms with Crippen LogP contribution in [-0.4, -0.2) is 115 Å². The van der Waals surface area contributed by atoms with Crippen molar-refractivity contribution < 1.29 is 48.2 Å². The molecule has 0 aliphatic carbocycles. The summed E-state index contributed by atoms with van der Waals surface area (Å²) in [5, 5.41) is 29.2. The Bertz CT molecular complexity index is 1180. The van der Waals surface area contributed by atoms with Crippen LogP contribution in [-0.2, 0) is 14.2 Å². The maximum Gasteiger partial charge on any atom is 0.513 e. The molecular weight excluding hydrogens is 644 g/mol. The molecule has 2 heterocycles. The molecule has 0 atom stereocenters. The number of nitro benzene ring substituents is 2. The molecule has 0 unspecified atom stereocenters. The van der Waals surface area contributed by atoms with E-state index >= 15 is 0 Å². The molecule has 4 rings (SSSR count). The van der Waals surface area contributed by atoms with Crippen LogP contribution in [0.2, 0.25) is 0 Å². The molecule has 2 fully saturated rings. The Morgan fingerprint density at radius 2 is 1.15 bits per heavy atom. The Morgan fingerprint density at radius 1 is 0.745 bits per heavy atom. The van der Waals surface area contributed by atoms with Crippen LogP contribution >= 0.6 is 11.6 Å². The highest BCUT2D eigenvalue weighted by Gasteiger charge is 2.12. The minimum atomic E-state index is -0.978. The zero-order valence-electron chi connectivity index (χ0n) is 24.6. The van der Waals surface area contributed by atoms with Gasteiger partial charge in [0.2, 0.25) is 0 Å². The van der Waals surface area contributed by atoms with E-state index in [0.29, 0.717) is 6.61 Å². The van der Waals surface area contributed by atoms with E-state index in [1.54, 1.807) is 0 Å². The normalized spacial score (nSPS) is 14.3. The van der Waals surface area contributed by atoms with E-state index in [1.807, 2.05) is 0 Å². The van der Waals surface area contributed by atoms with E-state index in [-0.39, 0.29) is 44.3 Å². The Labute approximate surface area is 279 Å². The summed E-state index contributed by atoms with van der Waals surface area (Å²) in [4.78, 5) is 45.9. The van der Waals surface area contributed by atoms with Crippen LogP contribution in [0.4, 0.5) is 21.0 Å². The molecule has 2 aromatic carbocycles. The van der Waals surface area contributed by atoms with Crippen LogP contribution in [0.25, 0.3) is 0 Å². The van der Waals surface area contributed by atoms with Gasteiger partial charge >= 0.3 is 11.6 Å². The number of nitrogens with zero attached hydrogens (tertiary/aromatic N) is 4. The molecule has 0 aromatic heterocycles. The van der Waals surface area contributed by atoms with Gasteiger partial charge in [0.1, 0.15) is 11.5 Å². The summed E-state index contributed by atoms with van der Waals surface area (Å²) in [7, 11) is 0. The lowest BCUT2D eigenvalue weighted by Crippen LogP contribution is -2.37. The number of morpholine rings is 2. The molecule has 17 heteroatoms. The number of rotatable bonds is 11. The van der Waals surface area contributed by atoms with Crippen molar-refractivity contribution in [3.05, 3.63) is 68.8 Å². The number of non-ortho nitro benzene ring substituents is 2. The molecule has 2 aliphatic rings. The molecule has 16 nitrogen and oxygen atoms in total. The average molecular weight is 689 g/mol. The molecule has 0 amide bonds. The van der Waals surface area contributed by atoms with E-state index in [9.17, 15) is 29.8 Å². The SMILES string of the molecule is C.C.O=C(Cl)Oc1ccc([N+](=O)[O-])cc1.O=C(OCCCN1CCOCC1)Oc1ccc([N+](=O)[O-])cc1.OCCCN1CCOCC1. The fourth-order valence-electron chi connectivity index (χ4n) is 3.88. The summed E-state index contributed by atoms with van der Waals surface area (Å²) >= 11 is 4.92. The van der Waals surface area contributed by atoms with Crippen molar-refractivity contribution in [2.24, 2.45) is 0 Å². The highest BCUT2D eigenvalue weighted by atomic mass is 35.5. The summed E-state index contributed by atoms with van der Waals surface area (Å²) in [6, 6.07) is 10.3. The lowest BCUT2D eigenvalue weighted by Gasteiger charge is -2.26. The van der Waals surface area contributed by atoms with Gasteiger partial charge in [-0.05, 0) is 37.1 Å². The first kappa shape index (κ1) is 43.1. The number of carbonyl (C=O) groups is 2. The molecule has 0 spiro atoms. The Morgan fingerprint density at radius 3 is 1.53 bits per heavy atom. The predicted molar refractivity (Wildman–Crippen MR) is 174 cm³/mol. The van der Waals surface area contributed by atoms with E-state index in [2.05, 4.69) is 14.5 Å². The average Bonchev–Trinajstić information content (AvgIpc) is 3.04. The number of ether oxygens (including phenoxy) is 5. The molecular formula is C30H45ClN4O12. The van der Waals surface area contributed by atoms with E-state index in [0.717, 1.165) is 78.5 Å². The maximum atomic E-state index is 11.5. The van der Waals surface area contributed by atoms with Crippen molar-refractivity contribution in [2.75, 3.05) is 78.9 Å². The van der Waals surface area contributed by atoms with E-state index < -0.39 is 21.4 Å². The lowest BCUT2D eigenvalue weighted by molar-refractivity contribution is -0.385. The minimum Gasteiger partial charge on any atom is -0.434 e. The highest BCUT2D eigenvalue weighted by Crippen LogP contribution is 2.18. The first-order valence-electron chi connectivity index (χ1n) is 14.1. The Hall–Kier alpha value is -3.93. The second kappa shape index (κ2) is 25.2. The molecule has 2 aliphatic heterocycles. The number of nitro groups is 2. The molecule has 47 heavy (non-hydrogen) atoms. The van der Waals surface area contributed by atoms with Crippen molar-refractivity contribution in [1.29, 1.82) is 0 Å². The zero-order valence-corrected chi connectivity index (χ0v) is 25.4. The van der Waals surface area contributed by atoms with Gasteiger partial charge in [-0.3, -0.25) is 30.0 Å². The molecule has 0 saturated carbocycles. The quantitative estimate of drug-likeness (QED) is 0.0814. The third-order valence-electron chi connectivity index (χ3n) is 6.17. The second-order valence-corrected chi connectivity index (χ2v) is 9.69. The van der Waals surface area contributed by atoms with Gasteiger partial charge in [0.15, 0.2) is 0 Å². The first-order chi connectivity index (χ1) is 21.7. The van der Waals surface area contributed by atoms with Gasteiger partial charge in [-0.15, -0.1) is 0 Å². The largest absolute Gasteiger partial charge is 0.513 e. The molecule has 2 saturated heterocycles. The Kier molecular flexibility index (Phi) is 23.1. The van der Waals surface area contributed by atoms with E-state index in [4.69, 9.17) is 35.7 Å². The summed E-state index contributed by atoms with van der Waals surface area (Å²) in [5.41, 5.74) is -1.12. The van der Waals surface area contributed by atoms with Crippen LogP contribution in [0.1, 0.15) is 27.7 Å². The van der Waals surface area contributed by atoms with Crippen molar-refractivity contribution >= 4 is 34.6 Å². The summed E-state index contributed by atoms with van der Waals surface area (Å²) in [6.07, 6.45) is 0.797. The fourth-order valence-corrected chi connectivity index (χ4v) is 3.97. The van der Waals surface area contributed by atoms with Crippen molar-refractivity contribution in [2.45, 2.75) is 27.7 Å².